The SMILES string of the molecule is CN(C(=O)CCCl)C1CCCc2ccccc21. The number of hydrogen-bond donors (Lipinski definition) is 0. The zero-order valence-electron chi connectivity index (χ0n) is 10.2. The molecule has 0 fully saturated rings. The molecule has 2 rings (SSSR count). The van der Waals surface area contributed by atoms with Crippen molar-refractivity contribution < 1.29 is 4.79 Å². The van der Waals surface area contributed by atoms with Crippen LogP contribution < -0.4 is 0 Å². The zero-order chi connectivity index (χ0) is 12.3. The number of carbonyl (C=O) groups is 1. The minimum Gasteiger partial charge on any atom is -0.339 e. The van der Waals surface area contributed by atoms with E-state index >= 15 is 0 Å². The van der Waals surface area contributed by atoms with Crippen LogP contribution in [0.5, 0.6) is 0 Å². The van der Waals surface area contributed by atoms with E-state index in [1.807, 2.05) is 11.9 Å². The summed E-state index contributed by atoms with van der Waals surface area (Å²) in [6, 6.07) is 8.67. The molecule has 1 aliphatic carbocycles. The molecule has 3 heteroatoms. The Morgan fingerprint density at radius 1 is 1.47 bits per heavy atom. The van der Waals surface area contributed by atoms with Gasteiger partial charge in [0, 0.05) is 19.3 Å². The Labute approximate surface area is 108 Å². The van der Waals surface area contributed by atoms with E-state index in [0.717, 1.165) is 19.3 Å². The summed E-state index contributed by atoms with van der Waals surface area (Å²) < 4.78 is 0. The number of benzene rings is 1. The van der Waals surface area contributed by atoms with Gasteiger partial charge in [0.15, 0.2) is 0 Å². The molecule has 1 aromatic rings. The summed E-state index contributed by atoms with van der Waals surface area (Å²) in [7, 11) is 1.89. The Balaban J connectivity index is 2.20. The summed E-state index contributed by atoms with van der Waals surface area (Å²) in [4.78, 5) is 13.8. The summed E-state index contributed by atoms with van der Waals surface area (Å²) in [5.74, 6) is 0.541. The predicted octanol–water partition coefficient (Wildman–Crippen LogP) is 3.15. The fourth-order valence-electron chi connectivity index (χ4n) is 2.56. The first-order valence-corrected chi connectivity index (χ1v) is 6.67. The maximum absolute atomic E-state index is 11.9. The maximum Gasteiger partial charge on any atom is 0.224 e. The summed E-state index contributed by atoms with van der Waals surface area (Å²) in [5.41, 5.74) is 2.69. The number of halogens is 1. The lowest BCUT2D eigenvalue weighted by Crippen LogP contribution is -2.33. The minimum atomic E-state index is 0.140. The Hall–Kier alpha value is -1.02. The largest absolute Gasteiger partial charge is 0.339 e. The van der Waals surface area contributed by atoms with E-state index in [0.29, 0.717) is 12.3 Å². The third kappa shape index (κ3) is 2.63. The standard InChI is InChI=1S/C14H18ClNO/c1-16(14(17)9-10-15)13-8-4-6-11-5-2-3-7-12(11)13/h2-3,5,7,13H,4,6,8-10H2,1H3. The molecule has 0 saturated carbocycles. The monoisotopic (exact) mass is 251 g/mol. The van der Waals surface area contributed by atoms with Crippen molar-refractivity contribution in [2.45, 2.75) is 31.7 Å². The van der Waals surface area contributed by atoms with E-state index in [2.05, 4.69) is 24.3 Å². The van der Waals surface area contributed by atoms with Crippen molar-refractivity contribution in [3.8, 4) is 0 Å². The van der Waals surface area contributed by atoms with Crippen molar-refractivity contribution in [2.75, 3.05) is 12.9 Å². The molecule has 0 aromatic heterocycles. The lowest BCUT2D eigenvalue weighted by Gasteiger charge is -2.33. The first-order valence-electron chi connectivity index (χ1n) is 6.13. The molecule has 1 aliphatic rings. The lowest BCUT2D eigenvalue weighted by molar-refractivity contribution is -0.131. The molecule has 0 aliphatic heterocycles. The van der Waals surface area contributed by atoms with Crippen LogP contribution >= 0.6 is 11.6 Å². The first kappa shape index (κ1) is 12.4. The van der Waals surface area contributed by atoms with Gasteiger partial charge in [0.1, 0.15) is 0 Å². The van der Waals surface area contributed by atoms with Crippen LogP contribution in [-0.4, -0.2) is 23.7 Å². The second kappa shape index (κ2) is 5.54. The summed E-state index contributed by atoms with van der Waals surface area (Å²) >= 11 is 5.63. The van der Waals surface area contributed by atoms with E-state index in [9.17, 15) is 4.79 Å². The van der Waals surface area contributed by atoms with Gasteiger partial charge >= 0.3 is 0 Å². The number of rotatable bonds is 3. The highest BCUT2D eigenvalue weighted by Gasteiger charge is 2.25. The average Bonchev–Trinajstić information content (AvgIpc) is 2.37. The number of alkyl halides is 1. The normalized spacial score (nSPS) is 18.6. The molecular weight excluding hydrogens is 234 g/mol. The highest BCUT2D eigenvalue weighted by atomic mass is 35.5. The molecule has 0 radical (unpaired) electrons. The topological polar surface area (TPSA) is 20.3 Å². The molecular formula is C14H18ClNO. The molecule has 1 atom stereocenters. The van der Waals surface area contributed by atoms with Gasteiger partial charge in [0.25, 0.3) is 0 Å². The van der Waals surface area contributed by atoms with Crippen molar-refractivity contribution in [1.29, 1.82) is 0 Å². The molecule has 0 bridgehead atoms. The van der Waals surface area contributed by atoms with E-state index in [-0.39, 0.29) is 11.9 Å². The highest BCUT2D eigenvalue weighted by Crippen LogP contribution is 2.33. The van der Waals surface area contributed by atoms with Gasteiger partial charge in [-0.3, -0.25) is 4.79 Å². The fraction of sp³-hybridized carbons (Fsp3) is 0.500. The van der Waals surface area contributed by atoms with Crippen LogP contribution in [0.1, 0.15) is 36.4 Å². The van der Waals surface area contributed by atoms with Gasteiger partial charge in [0.2, 0.25) is 5.91 Å². The quantitative estimate of drug-likeness (QED) is 0.756. The third-order valence-electron chi connectivity index (χ3n) is 3.51. The molecule has 1 aromatic carbocycles. The van der Waals surface area contributed by atoms with Gasteiger partial charge in [-0.05, 0) is 30.4 Å². The Morgan fingerprint density at radius 2 is 2.24 bits per heavy atom. The second-order valence-electron chi connectivity index (χ2n) is 4.55. The Bertz CT molecular complexity index is 405. The van der Waals surface area contributed by atoms with Crippen LogP contribution in [-0.2, 0) is 11.2 Å². The lowest BCUT2D eigenvalue weighted by atomic mass is 9.87. The first-order chi connectivity index (χ1) is 8.24. The minimum absolute atomic E-state index is 0.140. The van der Waals surface area contributed by atoms with Crippen molar-refractivity contribution in [3.63, 3.8) is 0 Å². The predicted molar refractivity (Wildman–Crippen MR) is 70.2 cm³/mol. The van der Waals surface area contributed by atoms with Gasteiger partial charge in [-0.15, -0.1) is 11.6 Å². The van der Waals surface area contributed by atoms with E-state index in [1.165, 1.54) is 11.1 Å². The van der Waals surface area contributed by atoms with E-state index in [4.69, 9.17) is 11.6 Å². The van der Waals surface area contributed by atoms with Gasteiger partial charge < -0.3 is 4.90 Å². The van der Waals surface area contributed by atoms with Crippen LogP contribution in [0.15, 0.2) is 24.3 Å². The van der Waals surface area contributed by atoms with Gasteiger partial charge in [-0.25, -0.2) is 0 Å². The number of aryl methyl sites for hydroxylation is 1. The molecule has 0 heterocycles. The molecule has 1 unspecified atom stereocenters. The van der Waals surface area contributed by atoms with Crippen molar-refractivity contribution >= 4 is 17.5 Å². The van der Waals surface area contributed by atoms with Crippen molar-refractivity contribution in [2.24, 2.45) is 0 Å². The number of fused-ring (bicyclic) bond motifs is 1. The molecule has 1 amide bonds. The van der Waals surface area contributed by atoms with Gasteiger partial charge in [-0.1, -0.05) is 24.3 Å². The Kier molecular flexibility index (Phi) is 4.06. The van der Waals surface area contributed by atoms with Crippen LogP contribution in [0.4, 0.5) is 0 Å². The van der Waals surface area contributed by atoms with Crippen LogP contribution in [0.25, 0.3) is 0 Å². The molecule has 92 valence electrons. The maximum atomic E-state index is 11.9. The molecule has 0 spiro atoms. The Morgan fingerprint density at radius 3 is 3.00 bits per heavy atom. The molecule has 0 N–H and O–H groups in total. The summed E-state index contributed by atoms with van der Waals surface area (Å²) in [5, 5.41) is 0. The molecule has 17 heavy (non-hydrogen) atoms. The van der Waals surface area contributed by atoms with Gasteiger partial charge in [-0.2, -0.15) is 0 Å². The van der Waals surface area contributed by atoms with Gasteiger partial charge in [0.05, 0.1) is 6.04 Å². The highest BCUT2D eigenvalue weighted by molar-refractivity contribution is 6.18. The smallest absolute Gasteiger partial charge is 0.224 e. The molecule has 0 saturated heterocycles. The van der Waals surface area contributed by atoms with Crippen LogP contribution in [0, 0.1) is 0 Å². The third-order valence-corrected chi connectivity index (χ3v) is 3.70. The second-order valence-corrected chi connectivity index (χ2v) is 4.93. The van der Waals surface area contributed by atoms with Crippen LogP contribution in [0.3, 0.4) is 0 Å². The number of amides is 1. The zero-order valence-corrected chi connectivity index (χ0v) is 10.9. The van der Waals surface area contributed by atoms with E-state index < -0.39 is 0 Å². The van der Waals surface area contributed by atoms with Crippen molar-refractivity contribution in [3.05, 3.63) is 35.4 Å². The summed E-state index contributed by atoms with van der Waals surface area (Å²) in [6.07, 6.45) is 3.77. The molecule has 2 nitrogen and oxygen atoms in total. The van der Waals surface area contributed by atoms with Crippen LogP contribution in [0.2, 0.25) is 0 Å². The average molecular weight is 252 g/mol. The van der Waals surface area contributed by atoms with E-state index in [1.54, 1.807) is 0 Å². The van der Waals surface area contributed by atoms with Crippen molar-refractivity contribution in [1.82, 2.24) is 4.90 Å². The number of nitrogens with zero attached hydrogens (tertiary/aromatic N) is 1. The fourth-order valence-corrected chi connectivity index (χ4v) is 2.72. The number of carbonyl (C=O) groups excluding carboxylic acids is 1. The number of hydrogen-bond acceptors (Lipinski definition) is 1. The summed E-state index contributed by atoms with van der Waals surface area (Å²) in [6.45, 7) is 0.